The molecule has 0 aliphatic carbocycles. The van der Waals surface area contributed by atoms with Crippen LogP contribution in [0.3, 0.4) is 0 Å². The molecule has 0 aromatic heterocycles. The van der Waals surface area contributed by atoms with Crippen molar-refractivity contribution in [3.63, 3.8) is 0 Å². The number of hydrogen-bond donors (Lipinski definition) is 1. The van der Waals surface area contributed by atoms with E-state index in [2.05, 4.69) is 38.2 Å². The Morgan fingerprint density at radius 3 is 2.43 bits per heavy atom. The molecule has 3 aromatic carbocycles. The van der Waals surface area contributed by atoms with Crippen molar-refractivity contribution in [2.75, 3.05) is 12.4 Å². The van der Waals surface area contributed by atoms with E-state index in [0.29, 0.717) is 12.2 Å². The number of carbonyl (C=O) groups is 3. The van der Waals surface area contributed by atoms with E-state index in [1.807, 2.05) is 25.1 Å². The van der Waals surface area contributed by atoms with Crippen molar-refractivity contribution in [3.8, 4) is 28.4 Å². The number of esters is 3. The first-order chi connectivity index (χ1) is 21.0. The molecule has 2 aliphatic rings. The molecule has 0 saturated heterocycles. The van der Waals surface area contributed by atoms with Gasteiger partial charge in [0.25, 0.3) is 0 Å². The van der Waals surface area contributed by atoms with Gasteiger partial charge in [-0.3, -0.25) is 9.59 Å². The number of fused-ring (bicyclic) bond motifs is 1. The maximum absolute atomic E-state index is 13.0. The quantitative estimate of drug-likeness (QED) is 0.204. The number of thioether (sulfide) groups is 1. The first-order valence-electron chi connectivity index (χ1n) is 14.3. The molecule has 0 bridgehead atoms. The standard InChI is InChI=1S/C35H35NO7S/c1-20-18-35(4,5)36-28-15-14-24(27(32(20)28)19-41-34(39)31-16-11-21(2)44-31)25-13-12-23(17-30(25)40-6)43-33(38)26-9-7-8-10-29(26)42-22(3)37/h7-15,17-18,31,36H,16,19H2,1-6H3. The lowest BCUT2D eigenvalue weighted by Gasteiger charge is -2.33. The van der Waals surface area contributed by atoms with Gasteiger partial charge in [-0.2, -0.15) is 0 Å². The number of benzene rings is 3. The third-order valence-corrected chi connectivity index (χ3v) is 8.55. The van der Waals surface area contributed by atoms with Crippen molar-refractivity contribution >= 4 is 40.9 Å². The average Bonchev–Trinajstić information content (AvgIpc) is 3.41. The molecule has 1 N–H and O–H groups in total. The summed E-state index contributed by atoms with van der Waals surface area (Å²) in [6, 6.07) is 15.5. The molecule has 0 spiro atoms. The van der Waals surface area contributed by atoms with Crippen molar-refractivity contribution in [3.05, 3.63) is 88.3 Å². The molecule has 1 atom stereocenters. The minimum absolute atomic E-state index is 0.0769. The maximum Gasteiger partial charge on any atom is 0.347 e. The zero-order valence-electron chi connectivity index (χ0n) is 25.6. The van der Waals surface area contributed by atoms with E-state index in [9.17, 15) is 14.4 Å². The van der Waals surface area contributed by atoms with Gasteiger partial charge in [-0.15, -0.1) is 11.8 Å². The van der Waals surface area contributed by atoms with Gasteiger partial charge < -0.3 is 24.3 Å². The van der Waals surface area contributed by atoms with E-state index in [1.165, 1.54) is 30.8 Å². The van der Waals surface area contributed by atoms with Crippen LogP contribution in [0.5, 0.6) is 17.2 Å². The second-order valence-corrected chi connectivity index (χ2v) is 12.7. The molecule has 8 nitrogen and oxygen atoms in total. The molecule has 3 aromatic rings. The number of anilines is 1. The van der Waals surface area contributed by atoms with Gasteiger partial charge in [0.15, 0.2) is 0 Å². The zero-order chi connectivity index (χ0) is 31.6. The molecule has 44 heavy (non-hydrogen) atoms. The Balaban J connectivity index is 1.49. The van der Waals surface area contributed by atoms with E-state index in [1.54, 1.807) is 31.4 Å². The first kappa shape index (κ1) is 30.9. The second-order valence-electron chi connectivity index (χ2n) is 11.3. The summed E-state index contributed by atoms with van der Waals surface area (Å²) in [6.07, 6.45) is 4.88. The Morgan fingerprint density at radius 1 is 0.977 bits per heavy atom. The zero-order valence-corrected chi connectivity index (χ0v) is 26.4. The highest BCUT2D eigenvalue weighted by Gasteiger charge is 2.29. The summed E-state index contributed by atoms with van der Waals surface area (Å²) in [5.74, 6) is -0.639. The molecule has 0 fully saturated rings. The van der Waals surface area contributed by atoms with Gasteiger partial charge in [-0.1, -0.05) is 30.4 Å². The van der Waals surface area contributed by atoms with E-state index in [-0.39, 0.29) is 40.4 Å². The normalized spacial score (nSPS) is 16.5. The van der Waals surface area contributed by atoms with E-state index < -0.39 is 11.9 Å². The number of nitrogens with one attached hydrogen (secondary N) is 1. The number of hydrogen-bond acceptors (Lipinski definition) is 9. The fourth-order valence-corrected chi connectivity index (χ4v) is 6.57. The number of allylic oxidation sites excluding steroid dienone is 3. The maximum atomic E-state index is 13.0. The van der Waals surface area contributed by atoms with Gasteiger partial charge >= 0.3 is 17.9 Å². The summed E-state index contributed by atoms with van der Waals surface area (Å²) in [5.41, 5.74) is 5.29. The van der Waals surface area contributed by atoms with Crippen LogP contribution in [0.4, 0.5) is 5.69 Å². The van der Waals surface area contributed by atoms with Gasteiger partial charge in [0, 0.05) is 35.4 Å². The summed E-state index contributed by atoms with van der Waals surface area (Å²) in [5, 5.41) is 3.33. The van der Waals surface area contributed by atoms with Crippen molar-refractivity contribution in [1.29, 1.82) is 0 Å². The average molecular weight is 614 g/mol. The number of para-hydroxylation sites is 1. The Bertz CT molecular complexity index is 1710. The SMILES string of the molecule is COc1cc(OC(=O)c2ccccc2OC(C)=O)ccc1-c1ccc2c(c1COC(=O)C1CC=C(C)S1)C(C)=CC(C)(C)N2. The summed E-state index contributed by atoms with van der Waals surface area (Å²) in [4.78, 5) is 38.7. The largest absolute Gasteiger partial charge is 0.496 e. The van der Waals surface area contributed by atoms with E-state index in [4.69, 9.17) is 18.9 Å². The molecular formula is C35H35NO7S. The lowest BCUT2D eigenvalue weighted by Crippen LogP contribution is -2.32. The van der Waals surface area contributed by atoms with Gasteiger partial charge in [0.2, 0.25) is 0 Å². The van der Waals surface area contributed by atoms with Gasteiger partial charge in [-0.25, -0.2) is 4.79 Å². The van der Waals surface area contributed by atoms with Crippen LogP contribution in [0.15, 0.2) is 71.7 Å². The van der Waals surface area contributed by atoms with Crippen molar-refractivity contribution in [1.82, 2.24) is 0 Å². The lowest BCUT2D eigenvalue weighted by molar-refractivity contribution is -0.144. The van der Waals surface area contributed by atoms with Gasteiger partial charge in [0.1, 0.15) is 34.7 Å². The monoisotopic (exact) mass is 613 g/mol. The molecule has 2 heterocycles. The lowest BCUT2D eigenvalue weighted by atomic mass is 9.85. The summed E-state index contributed by atoms with van der Waals surface area (Å²) in [6.45, 7) is 9.61. The Morgan fingerprint density at radius 2 is 1.73 bits per heavy atom. The van der Waals surface area contributed by atoms with Crippen LogP contribution in [-0.4, -0.2) is 35.8 Å². The highest BCUT2D eigenvalue weighted by atomic mass is 32.2. The molecule has 228 valence electrons. The van der Waals surface area contributed by atoms with Crippen molar-refractivity contribution < 1.29 is 33.3 Å². The minimum atomic E-state index is -0.679. The molecular weight excluding hydrogens is 578 g/mol. The van der Waals surface area contributed by atoms with E-state index >= 15 is 0 Å². The fourth-order valence-electron chi connectivity index (χ4n) is 5.57. The topological polar surface area (TPSA) is 100 Å². The smallest absolute Gasteiger partial charge is 0.347 e. The first-order valence-corrected chi connectivity index (χ1v) is 15.2. The summed E-state index contributed by atoms with van der Waals surface area (Å²) in [7, 11) is 1.54. The van der Waals surface area contributed by atoms with Crippen molar-refractivity contribution in [2.45, 2.75) is 58.4 Å². The van der Waals surface area contributed by atoms with Crippen LogP contribution in [0.25, 0.3) is 16.7 Å². The third kappa shape index (κ3) is 6.68. The number of carbonyl (C=O) groups excluding carboxylic acids is 3. The molecule has 2 aliphatic heterocycles. The van der Waals surface area contributed by atoms with Gasteiger partial charge in [0.05, 0.1) is 12.6 Å². The third-order valence-electron chi connectivity index (χ3n) is 7.34. The van der Waals surface area contributed by atoms with E-state index in [0.717, 1.165) is 38.4 Å². The Labute approximate surface area is 261 Å². The number of ether oxygens (including phenoxy) is 4. The molecule has 0 radical (unpaired) electrons. The van der Waals surface area contributed by atoms with Crippen LogP contribution in [0, 0.1) is 0 Å². The van der Waals surface area contributed by atoms with Crippen LogP contribution < -0.4 is 19.5 Å². The summed E-state index contributed by atoms with van der Waals surface area (Å²) >= 11 is 1.53. The molecule has 0 amide bonds. The molecule has 5 rings (SSSR count). The Kier molecular flexibility index (Phi) is 8.87. The summed E-state index contributed by atoms with van der Waals surface area (Å²) < 4.78 is 22.5. The van der Waals surface area contributed by atoms with Crippen LogP contribution in [0.2, 0.25) is 0 Å². The number of rotatable bonds is 8. The molecule has 1 unspecified atom stereocenters. The van der Waals surface area contributed by atoms with Crippen LogP contribution in [0.1, 0.15) is 62.5 Å². The molecule has 0 saturated carbocycles. The highest BCUT2D eigenvalue weighted by Crippen LogP contribution is 2.44. The fraction of sp³-hybridized carbons (Fsp3) is 0.286. The Hall–Kier alpha value is -4.50. The van der Waals surface area contributed by atoms with Crippen molar-refractivity contribution in [2.24, 2.45) is 0 Å². The van der Waals surface area contributed by atoms with Crippen LogP contribution in [-0.2, 0) is 20.9 Å². The van der Waals surface area contributed by atoms with Gasteiger partial charge in [-0.05, 0) is 80.5 Å². The van der Waals surface area contributed by atoms with Crippen LogP contribution >= 0.6 is 11.8 Å². The number of methoxy groups -OCH3 is 1. The predicted octanol–water partition coefficient (Wildman–Crippen LogP) is 7.57. The minimum Gasteiger partial charge on any atom is -0.496 e. The second kappa shape index (κ2) is 12.6. The predicted molar refractivity (Wildman–Crippen MR) is 172 cm³/mol. The molecule has 9 heteroatoms. The highest BCUT2D eigenvalue weighted by molar-refractivity contribution is 8.04.